The molecule has 0 radical (unpaired) electrons. The van der Waals surface area contributed by atoms with Crippen molar-refractivity contribution >= 4 is 21.5 Å². The van der Waals surface area contributed by atoms with E-state index in [-0.39, 0.29) is 25.0 Å². The Morgan fingerprint density at radius 3 is 2.42 bits per heavy atom. The second kappa shape index (κ2) is 4.32. The van der Waals surface area contributed by atoms with Gasteiger partial charge in [-0.05, 0) is 19.1 Å². The molecule has 19 heavy (non-hydrogen) atoms. The van der Waals surface area contributed by atoms with E-state index in [9.17, 15) is 21.6 Å². The first kappa shape index (κ1) is 14.0. The molecule has 104 valence electrons. The van der Waals surface area contributed by atoms with Crippen LogP contribution in [-0.4, -0.2) is 22.8 Å². The third-order valence-electron chi connectivity index (χ3n) is 2.26. The van der Waals surface area contributed by atoms with Crippen LogP contribution in [0.15, 0.2) is 22.5 Å². The van der Waals surface area contributed by atoms with Gasteiger partial charge in [0.05, 0.1) is 5.69 Å². The van der Waals surface area contributed by atoms with E-state index in [1.54, 1.807) is 0 Å². The molecule has 0 aliphatic rings. The van der Waals surface area contributed by atoms with Crippen LogP contribution in [0.4, 0.5) is 13.2 Å². The fourth-order valence-electron chi connectivity index (χ4n) is 1.44. The molecule has 10 heteroatoms. The first-order valence-electron chi connectivity index (χ1n) is 4.80. The summed E-state index contributed by atoms with van der Waals surface area (Å²) in [5.41, 5.74) is 0.276. The fourth-order valence-corrected chi connectivity index (χ4v) is 3.17. The maximum Gasteiger partial charge on any atom is 0.504 e. The summed E-state index contributed by atoms with van der Waals surface area (Å²) in [4.78, 5) is 0.278. The average molecular weight is 312 g/mol. The van der Waals surface area contributed by atoms with Gasteiger partial charge in [-0.2, -0.15) is 18.2 Å². The normalized spacial score (nSPS) is 12.9. The lowest BCUT2D eigenvalue weighted by molar-refractivity contribution is -0.212. The number of halogens is 3. The van der Waals surface area contributed by atoms with Crippen molar-refractivity contribution in [3.8, 4) is 10.4 Å². The van der Waals surface area contributed by atoms with Crippen LogP contribution in [0.5, 0.6) is 0 Å². The van der Waals surface area contributed by atoms with E-state index in [0.717, 1.165) is 12.3 Å². The number of aryl methyl sites for hydroxylation is 1. The number of hydrogen-bond acceptors (Lipinski definition) is 4. The highest BCUT2D eigenvalue weighted by molar-refractivity contribution is 7.88. The first-order chi connectivity index (χ1) is 8.59. The summed E-state index contributed by atoms with van der Waals surface area (Å²) >= 11 is 0.672. The van der Waals surface area contributed by atoms with Crippen molar-refractivity contribution in [2.24, 2.45) is 0 Å². The van der Waals surface area contributed by atoms with Gasteiger partial charge < -0.3 is 0 Å². The van der Waals surface area contributed by atoms with Crippen LogP contribution in [0, 0.1) is 6.92 Å². The summed E-state index contributed by atoms with van der Waals surface area (Å²) in [6.45, 7) is 1.38. The van der Waals surface area contributed by atoms with Gasteiger partial charge >= 0.3 is 16.4 Å². The van der Waals surface area contributed by atoms with E-state index in [0.29, 0.717) is 11.3 Å². The van der Waals surface area contributed by atoms with Crippen LogP contribution in [0.2, 0.25) is 0 Å². The van der Waals surface area contributed by atoms with Crippen LogP contribution >= 0.6 is 11.3 Å². The molecular formula is C9H7F3N2O3S2. The molecule has 1 N–H and O–H groups in total. The minimum Gasteiger partial charge on any atom is -0.281 e. The smallest absolute Gasteiger partial charge is 0.281 e. The standard InChI is InChI=1S/C9H7F3N2O3S2/c1-5-6(4-14(13-5)9(10,11)12)7-2-3-8(18-7)19(15,16)17/h2-4H,1H3,(H,15,16,17). The SMILES string of the molecule is Cc1nn(C(F)(F)F)cc1-c1ccc(S(=O)(=O)O)s1. The zero-order chi connectivity index (χ0) is 14.4. The lowest BCUT2D eigenvalue weighted by Crippen LogP contribution is -2.16. The Kier molecular flexibility index (Phi) is 3.19. The van der Waals surface area contributed by atoms with Crippen LogP contribution in [0.3, 0.4) is 0 Å². The molecule has 2 rings (SSSR count). The second-order valence-electron chi connectivity index (χ2n) is 3.63. The molecule has 0 saturated heterocycles. The van der Waals surface area contributed by atoms with Gasteiger partial charge in [0.25, 0.3) is 0 Å². The lowest BCUT2D eigenvalue weighted by atomic mass is 10.2. The van der Waals surface area contributed by atoms with Crippen molar-refractivity contribution in [1.29, 1.82) is 0 Å². The summed E-state index contributed by atoms with van der Waals surface area (Å²) in [6.07, 6.45) is -3.86. The summed E-state index contributed by atoms with van der Waals surface area (Å²) < 4.78 is 67.5. The molecule has 5 nitrogen and oxygen atoms in total. The molecule has 0 aliphatic heterocycles. The van der Waals surface area contributed by atoms with E-state index >= 15 is 0 Å². The van der Waals surface area contributed by atoms with Gasteiger partial charge in [-0.15, -0.1) is 24.5 Å². The van der Waals surface area contributed by atoms with Crippen LogP contribution in [0.1, 0.15) is 5.69 Å². The topological polar surface area (TPSA) is 72.2 Å². The van der Waals surface area contributed by atoms with Crippen LogP contribution < -0.4 is 0 Å². The van der Waals surface area contributed by atoms with E-state index in [4.69, 9.17) is 4.55 Å². The van der Waals surface area contributed by atoms with Crippen LogP contribution in [0.25, 0.3) is 10.4 Å². The average Bonchev–Trinajstić information content (AvgIpc) is 2.80. The highest BCUT2D eigenvalue weighted by atomic mass is 32.3. The third-order valence-corrected chi connectivity index (χ3v) is 4.70. The predicted octanol–water partition coefficient (Wildman–Crippen LogP) is 2.64. The van der Waals surface area contributed by atoms with Crippen molar-refractivity contribution in [3.63, 3.8) is 0 Å². The summed E-state index contributed by atoms with van der Waals surface area (Å²) in [5.74, 6) is 0. The van der Waals surface area contributed by atoms with Gasteiger partial charge in [0.1, 0.15) is 4.21 Å². The number of alkyl halides is 3. The Morgan fingerprint density at radius 1 is 1.37 bits per heavy atom. The molecule has 2 aromatic rings. The first-order valence-corrected chi connectivity index (χ1v) is 7.06. The van der Waals surface area contributed by atoms with Crippen LogP contribution in [-0.2, 0) is 16.4 Å². The number of hydrogen-bond donors (Lipinski definition) is 1. The predicted molar refractivity (Wildman–Crippen MR) is 61.4 cm³/mol. The monoisotopic (exact) mass is 312 g/mol. The molecule has 0 aromatic carbocycles. The van der Waals surface area contributed by atoms with Crippen molar-refractivity contribution in [3.05, 3.63) is 24.0 Å². The third kappa shape index (κ3) is 2.80. The summed E-state index contributed by atoms with van der Waals surface area (Å²) in [6, 6.07) is 2.44. The van der Waals surface area contributed by atoms with E-state index in [1.807, 2.05) is 0 Å². The van der Waals surface area contributed by atoms with E-state index in [1.165, 1.54) is 13.0 Å². The van der Waals surface area contributed by atoms with Crippen molar-refractivity contribution < 1.29 is 26.1 Å². The molecular weight excluding hydrogens is 305 g/mol. The maximum atomic E-state index is 12.5. The van der Waals surface area contributed by atoms with E-state index in [2.05, 4.69) is 5.10 Å². The molecule has 0 unspecified atom stereocenters. The molecule has 0 bridgehead atoms. The van der Waals surface area contributed by atoms with Gasteiger partial charge in [0, 0.05) is 16.6 Å². The highest BCUT2D eigenvalue weighted by Gasteiger charge is 2.32. The molecule has 0 fully saturated rings. The van der Waals surface area contributed by atoms with Gasteiger partial charge in [-0.3, -0.25) is 4.55 Å². The zero-order valence-corrected chi connectivity index (χ0v) is 11.0. The molecule has 2 heterocycles. The Hall–Kier alpha value is -1.39. The Bertz CT molecular complexity index is 715. The summed E-state index contributed by atoms with van der Waals surface area (Å²) in [5, 5.41) is 3.32. The second-order valence-corrected chi connectivity index (χ2v) is 6.37. The van der Waals surface area contributed by atoms with Crippen molar-refractivity contribution in [2.75, 3.05) is 0 Å². The fraction of sp³-hybridized carbons (Fsp3) is 0.222. The molecule has 0 aliphatic carbocycles. The largest absolute Gasteiger partial charge is 0.504 e. The van der Waals surface area contributed by atoms with Crippen molar-refractivity contribution in [1.82, 2.24) is 9.78 Å². The summed E-state index contributed by atoms with van der Waals surface area (Å²) in [7, 11) is -4.36. The number of thiophene rings is 1. The minimum absolute atomic E-state index is 0.112. The van der Waals surface area contributed by atoms with E-state index < -0.39 is 16.4 Å². The molecule has 0 spiro atoms. The van der Waals surface area contributed by atoms with Gasteiger partial charge in [0.15, 0.2) is 0 Å². The maximum absolute atomic E-state index is 12.5. The molecule has 0 amide bonds. The number of nitrogens with zero attached hydrogens (tertiary/aromatic N) is 2. The van der Waals surface area contributed by atoms with Crippen molar-refractivity contribution in [2.45, 2.75) is 17.4 Å². The highest BCUT2D eigenvalue weighted by Crippen LogP contribution is 2.34. The van der Waals surface area contributed by atoms with Gasteiger partial charge in [-0.1, -0.05) is 0 Å². The number of aromatic nitrogens is 2. The zero-order valence-electron chi connectivity index (χ0n) is 9.34. The molecule has 2 aromatic heterocycles. The minimum atomic E-state index is -4.63. The van der Waals surface area contributed by atoms with Gasteiger partial charge in [0.2, 0.25) is 0 Å². The Balaban J connectivity index is 2.49. The number of rotatable bonds is 2. The Labute approximate surface area is 110 Å². The quantitative estimate of drug-likeness (QED) is 0.865. The lowest BCUT2D eigenvalue weighted by Gasteiger charge is -2.03. The van der Waals surface area contributed by atoms with Gasteiger partial charge in [-0.25, -0.2) is 0 Å². The molecule has 0 atom stereocenters. The molecule has 0 saturated carbocycles. The Morgan fingerprint density at radius 2 is 2.00 bits per heavy atom.